The Morgan fingerprint density at radius 2 is 1.85 bits per heavy atom. The molecule has 1 aliphatic heterocycles. The van der Waals surface area contributed by atoms with Crippen LogP contribution in [0.3, 0.4) is 0 Å². The van der Waals surface area contributed by atoms with E-state index >= 15 is 0 Å². The van der Waals surface area contributed by atoms with E-state index in [-0.39, 0.29) is 23.7 Å². The van der Waals surface area contributed by atoms with Gasteiger partial charge in [0.2, 0.25) is 0 Å². The number of amides is 4. The van der Waals surface area contributed by atoms with E-state index in [9.17, 15) is 14.4 Å². The Balaban J connectivity index is 1.62. The van der Waals surface area contributed by atoms with Gasteiger partial charge in [-0.15, -0.1) is 0 Å². The van der Waals surface area contributed by atoms with Crippen molar-refractivity contribution in [1.82, 2.24) is 10.2 Å². The molecule has 174 valence electrons. The highest BCUT2D eigenvalue weighted by Gasteiger charge is 2.36. The summed E-state index contributed by atoms with van der Waals surface area (Å²) in [5.74, 6) is -0.430. The molecule has 0 bridgehead atoms. The van der Waals surface area contributed by atoms with Crippen LogP contribution in [0, 0.1) is 0 Å². The summed E-state index contributed by atoms with van der Waals surface area (Å²) in [5.41, 5.74) is 1.17. The maximum absolute atomic E-state index is 12.9. The lowest BCUT2D eigenvalue weighted by Crippen LogP contribution is -2.53. The minimum Gasteiger partial charge on any atom is -0.490 e. The van der Waals surface area contributed by atoms with Gasteiger partial charge in [0.15, 0.2) is 11.5 Å². The number of nitrogens with zero attached hydrogens (tertiary/aromatic N) is 1. The maximum Gasteiger partial charge on any atom is 0.331 e. The molecule has 3 aromatic rings. The summed E-state index contributed by atoms with van der Waals surface area (Å²) in [6, 6.07) is 15.2. The SMILES string of the molecule is CCOc1cc(/C=C2\C(=O)NC(=O)N(Cc3ccco3)C2=O)cc(Cl)c1OCc1ccccc1. The van der Waals surface area contributed by atoms with E-state index in [1.165, 1.54) is 12.3 Å². The second kappa shape index (κ2) is 10.3. The fourth-order valence-electron chi connectivity index (χ4n) is 3.37. The first-order valence-corrected chi connectivity index (χ1v) is 10.9. The average molecular weight is 481 g/mol. The van der Waals surface area contributed by atoms with Gasteiger partial charge in [-0.1, -0.05) is 41.9 Å². The molecule has 0 saturated carbocycles. The Hall–Kier alpha value is -4.04. The first kappa shape index (κ1) is 23.1. The third-order valence-corrected chi connectivity index (χ3v) is 5.23. The van der Waals surface area contributed by atoms with Crippen LogP contribution in [0.25, 0.3) is 6.08 Å². The Kier molecular flexibility index (Phi) is 6.98. The van der Waals surface area contributed by atoms with E-state index in [0.717, 1.165) is 10.5 Å². The monoisotopic (exact) mass is 480 g/mol. The van der Waals surface area contributed by atoms with Crippen molar-refractivity contribution in [2.45, 2.75) is 20.1 Å². The van der Waals surface area contributed by atoms with Gasteiger partial charge in [-0.05, 0) is 48.4 Å². The fraction of sp³-hybridized carbons (Fsp3) is 0.160. The lowest BCUT2D eigenvalue weighted by molar-refractivity contribution is -0.130. The molecule has 0 atom stereocenters. The molecule has 1 aliphatic rings. The first-order valence-electron chi connectivity index (χ1n) is 10.5. The molecule has 4 amide bonds. The molecule has 0 radical (unpaired) electrons. The zero-order chi connectivity index (χ0) is 24.1. The van der Waals surface area contributed by atoms with Crippen LogP contribution in [-0.2, 0) is 22.7 Å². The number of barbiturate groups is 1. The summed E-state index contributed by atoms with van der Waals surface area (Å²) in [5, 5.41) is 2.43. The number of imide groups is 2. The maximum atomic E-state index is 12.9. The fourth-order valence-corrected chi connectivity index (χ4v) is 3.64. The van der Waals surface area contributed by atoms with Crippen molar-refractivity contribution in [1.29, 1.82) is 0 Å². The molecule has 0 spiro atoms. The zero-order valence-corrected chi connectivity index (χ0v) is 19.0. The molecule has 1 aromatic heterocycles. The van der Waals surface area contributed by atoms with Gasteiger partial charge in [-0.25, -0.2) is 4.79 Å². The molecule has 0 unspecified atom stereocenters. The lowest BCUT2D eigenvalue weighted by atomic mass is 10.1. The molecule has 1 saturated heterocycles. The number of halogens is 1. The van der Waals surface area contributed by atoms with Crippen LogP contribution >= 0.6 is 11.6 Å². The predicted molar refractivity (Wildman–Crippen MR) is 124 cm³/mol. The Morgan fingerprint density at radius 3 is 2.56 bits per heavy atom. The van der Waals surface area contributed by atoms with Crippen molar-refractivity contribution in [3.63, 3.8) is 0 Å². The van der Waals surface area contributed by atoms with Gasteiger partial charge < -0.3 is 13.9 Å². The average Bonchev–Trinajstić information content (AvgIpc) is 3.33. The largest absolute Gasteiger partial charge is 0.490 e. The number of benzene rings is 2. The van der Waals surface area contributed by atoms with Crippen molar-refractivity contribution < 1.29 is 28.3 Å². The van der Waals surface area contributed by atoms with Crippen molar-refractivity contribution in [3.8, 4) is 11.5 Å². The van der Waals surface area contributed by atoms with Crippen LogP contribution in [0.5, 0.6) is 11.5 Å². The molecule has 34 heavy (non-hydrogen) atoms. The quantitative estimate of drug-likeness (QED) is 0.374. The van der Waals surface area contributed by atoms with E-state index in [4.69, 9.17) is 25.5 Å². The third kappa shape index (κ3) is 5.13. The molecule has 2 aromatic carbocycles. The smallest absolute Gasteiger partial charge is 0.331 e. The van der Waals surface area contributed by atoms with Crippen LogP contribution in [0.2, 0.25) is 5.02 Å². The Morgan fingerprint density at radius 1 is 1.06 bits per heavy atom. The molecular weight excluding hydrogens is 460 g/mol. The molecule has 9 heteroatoms. The zero-order valence-electron chi connectivity index (χ0n) is 18.2. The number of carbonyl (C=O) groups excluding carboxylic acids is 3. The number of nitrogens with one attached hydrogen (secondary N) is 1. The second-order valence-electron chi connectivity index (χ2n) is 7.33. The highest BCUT2D eigenvalue weighted by Crippen LogP contribution is 2.38. The standard InChI is InChI=1S/C25H21ClN2O6/c1-2-32-21-13-17(12-20(26)22(21)34-15-16-7-4-3-5-8-16)11-19-23(29)27-25(31)28(24(19)30)14-18-9-6-10-33-18/h3-13H,2,14-15H2,1H3,(H,27,29,31)/b19-11+. The molecule has 1 N–H and O–H groups in total. The molecule has 4 rings (SSSR count). The Bertz CT molecular complexity index is 1240. The third-order valence-electron chi connectivity index (χ3n) is 4.95. The van der Waals surface area contributed by atoms with Gasteiger partial charge in [-0.3, -0.25) is 19.8 Å². The van der Waals surface area contributed by atoms with Crippen LogP contribution in [0.15, 0.2) is 70.9 Å². The van der Waals surface area contributed by atoms with Crippen LogP contribution in [0.1, 0.15) is 23.8 Å². The van der Waals surface area contributed by atoms with Crippen LogP contribution in [0.4, 0.5) is 4.79 Å². The summed E-state index contributed by atoms with van der Waals surface area (Å²) in [4.78, 5) is 38.5. The molecule has 8 nitrogen and oxygen atoms in total. The van der Waals surface area contributed by atoms with Crippen molar-refractivity contribution >= 4 is 35.5 Å². The summed E-state index contributed by atoms with van der Waals surface area (Å²) >= 11 is 6.48. The van der Waals surface area contributed by atoms with Crippen molar-refractivity contribution in [2.24, 2.45) is 0 Å². The Labute approximate surface area is 200 Å². The molecule has 2 heterocycles. The van der Waals surface area contributed by atoms with E-state index < -0.39 is 17.8 Å². The molecular formula is C25H21ClN2O6. The topological polar surface area (TPSA) is 98.1 Å². The van der Waals surface area contributed by atoms with Gasteiger partial charge in [0.25, 0.3) is 11.8 Å². The normalized spacial score (nSPS) is 14.9. The van der Waals surface area contributed by atoms with Gasteiger partial charge in [0.05, 0.1) is 24.4 Å². The first-order chi connectivity index (χ1) is 16.5. The minimum absolute atomic E-state index is 0.112. The van der Waals surface area contributed by atoms with Gasteiger partial charge in [0.1, 0.15) is 17.9 Å². The summed E-state index contributed by atoms with van der Waals surface area (Å²) in [6.07, 6.45) is 2.79. The molecule has 0 aliphatic carbocycles. The summed E-state index contributed by atoms with van der Waals surface area (Å²) in [6.45, 7) is 2.34. The highest BCUT2D eigenvalue weighted by atomic mass is 35.5. The van der Waals surface area contributed by atoms with Crippen molar-refractivity contribution in [3.05, 3.63) is 88.3 Å². The molecule has 1 fully saturated rings. The van der Waals surface area contributed by atoms with E-state index in [0.29, 0.717) is 29.4 Å². The number of hydrogen-bond acceptors (Lipinski definition) is 6. The summed E-state index contributed by atoms with van der Waals surface area (Å²) < 4.78 is 16.8. The van der Waals surface area contributed by atoms with E-state index in [2.05, 4.69) is 5.32 Å². The number of furan rings is 1. The van der Waals surface area contributed by atoms with Crippen LogP contribution < -0.4 is 14.8 Å². The van der Waals surface area contributed by atoms with E-state index in [1.807, 2.05) is 37.3 Å². The number of hydrogen-bond donors (Lipinski definition) is 1. The number of ether oxygens (including phenoxy) is 2. The highest BCUT2D eigenvalue weighted by molar-refractivity contribution is 6.33. The minimum atomic E-state index is -0.818. The van der Waals surface area contributed by atoms with Crippen LogP contribution in [-0.4, -0.2) is 29.4 Å². The predicted octanol–water partition coefficient (Wildman–Crippen LogP) is 4.57. The number of rotatable bonds is 8. The number of carbonyl (C=O) groups is 3. The van der Waals surface area contributed by atoms with E-state index in [1.54, 1.807) is 24.3 Å². The number of urea groups is 1. The lowest BCUT2D eigenvalue weighted by Gasteiger charge is -2.25. The summed E-state index contributed by atoms with van der Waals surface area (Å²) in [7, 11) is 0. The van der Waals surface area contributed by atoms with Crippen molar-refractivity contribution in [2.75, 3.05) is 6.61 Å². The van der Waals surface area contributed by atoms with Gasteiger partial charge >= 0.3 is 6.03 Å². The van der Waals surface area contributed by atoms with Gasteiger partial charge in [-0.2, -0.15) is 0 Å². The van der Waals surface area contributed by atoms with Gasteiger partial charge in [0, 0.05) is 0 Å². The second-order valence-corrected chi connectivity index (χ2v) is 7.73.